The van der Waals surface area contributed by atoms with Crippen LogP contribution in [0, 0.1) is 11.8 Å². The first-order valence-electron chi connectivity index (χ1n) is 9.95. The molecule has 2 unspecified atom stereocenters. The molecule has 158 valence electrons. The number of thioether (sulfide) groups is 1. The number of rotatable bonds is 5. The third kappa shape index (κ3) is 3.03. The van der Waals surface area contributed by atoms with Crippen LogP contribution >= 0.6 is 11.8 Å². The van der Waals surface area contributed by atoms with Gasteiger partial charge in [0.05, 0.1) is 17.6 Å². The Balaban J connectivity index is 1.41. The standard InChI is InChI=1S/C21H21NO7S/c1-10(23)15-17(24)22-16(14(30-18(15)22)8-11-6-7-27-9-11)20(26)29-21-13-5-3-2-4-12(13)19(25)28-21/h2-5,10-11,15,18,21,23H,6-9H2,1H3/t10-,11?,15+,18-,21?/m1/s1. The fourth-order valence-corrected chi connectivity index (χ4v) is 6.07. The molecule has 8 nitrogen and oxygen atoms in total. The molecule has 2 saturated heterocycles. The molecule has 9 heteroatoms. The summed E-state index contributed by atoms with van der Waals surface area (Å²) in [6, 6.07) is 6.74. The van der Waals surface area contributed by atoms with E-state index in [2.05, 4.69) is 0 Å². The maximum absolute atomic E-state index is 13.1. The number of nitrogens with zero attached hydrogens (tertiary/aromatic N) is 1. The molecule has 4 aliphatic rings. The van der Waals surface area contributed by atoms with Crippen molar-refractivity contribution in [3.63, 3.8) is 0 Å². The molecule has 0 spiro atoms. The molecular formula is C21H21NO7S. The summed E-state index contributed by atoms with van der Waals surface area (Å²) in [6.45, 7) is 2.87. The van der Waals surface area contributed by atoms with Crippen molar-refractivity contribution in [2.24, 2.45) is 11.8 Å². The highest BCUT2D eigenvalue weighted by Gasteiger charge is 2.58. The van der Waals surface area contributed by atoms with E-state index in [0.29, 0.717) is 30.8 Å². The van der Waals surface area contributed by atoms with Gasteiger partial charge in [0, 0.05) is 23.7 Å². The van der Waals surface area contributed by atoms with Crippen molar-refractivity contribution in [2.45, 2.75) is 37.5 Å². The van der Waals surface area contributed by atoms with Crippen molar-refractivity contribution in [3.05, 3.63) is 46.0 Å². The van der Waals surface area contributed by atoms with Crippen LogP contribution in [0.2, 0.25) is 0 Å². The first-order chi connectivity index (χ1) is 14.5. The Hall–Kier alpha value is -2.36. The quantitative estimate of drug-likeness (QED) is 0.558. The zero-order chi connectivity index (χ0) is 21.0. The highest BCUT2D eigenvalue weighted by molar-refractivity contribution is 8.04. The number of benzene rings is 1. The maximum Gasteiger partial charge on any atom is 0.359 e. The Morgan fingerprint density at radius 2 is 2.17 bits per heavy atom. The molecule has 1 aromatic carbocycles. The Kier molecular flexibility index (Phi) is 4.83. The lowest BCUT2D eigenvalue weighted by molar-refractivity contribution is -0.170. The number of hydrogen-bond acceptors (Lipinski definition) is 8. The molecule has 1 aromatic rings. The highest BCUT2D eigenvalue weighted by Crippen LogP contribution is 2.52. The number of aliphatic hydroxyl groups is 1. The van der Waals surface area contributed by atoms with E-state index < -0.39 is 30.3 Å². The number of aliphatic hydroxyl groups excluding tert-OH is 1. The van der Waals surface area contributed by atoms with Crippen molar-refractivity contribution in [2.75, 3.05) is 13.2 Å². The van der Waals surface area contributed by atoms with Crippen LogP contribution in [0.1, 0.15) is 42.0 Å². The molecule has 4 aliphatic heterocycles. The molecular weight excluding hydrogens is 410 g/mol. The predicted octanol–water partition coefficient (Wildman–Crippen LogP) is 1.95. The van der Waals surface area contributed by atoms with Gasteiger partial charge in [0.1, 0.15) is 11.1 Å². The van der Waals surface area contributed by atoms with Crippen LogP contribution in [0.5, 0.6) is 0 Å². The second kappa shape index (κ2) is 7.40. The molecule has 0 radical (unpaired) electrons. The number of esters is 2. The molecule has 5 rings (SSSR count). The summed E-state index contributed by atoms with van der Waals surface area (Å²) in [6.07, 6.45) is -0.459. The van der Waals surface area contributed by atoms with Gasteiger partial charge in [-0.15, -0.1) is 11.8 Å². The summed E-state index contributed by atoms with van der Waals surface area (Å²) in [5.74, 6) is -1.84. The summed E-state index contributed by atoms with van der Waals surface area (Å²) >= 11 is 1.43. The Morgan fingerprint density at radius 1 is 1.37 bits per heavy atom. The minimum atomic E-state index is -1.14. The van der Waals surface area contributed by atoms with Crippen molar-refractivity contribution in [1.82, 2.24) is 4.90 Å². The predicted molar refractivity (Wildman–Crippen MR) is 105 cm³/mol. The number of β-lactam (4-membered cyclic amide) rings is 1. The van der Waals surface area contributed by atoms with E-state index in [4.69, 9.17) is 14.2 Å². The SMILES string of the molecule is C[C@@H](O)[C@H]1C(=O)N2C(C(=O)OC3OC(=O)c4ccccc43)=C(CC3CCOC3)S[C@H]12. The maximum atomic E-state index is 13.1. The average Bonchev–Trinajstić information content (AvgIpc) is 3.40. The minimum absolute atomic E-state index is 0.194. The van der Waals surface area contributed by atoms with Gasteiger partial charge in [0.15, 0.2) is 0 Å². The van der Waals surface area contributed by atoms with Crippen molar-refractivity contribution in [1.29, 1.82) is 0 Å². The van der Waals surface area contributed by atoms with Gasteiger partial charge >= 0.3 is 11.9 Å². The number of carbonyl (C=O) groups is 3. The van der Waals surface area contributed by atoms with E-state index in [1.54, 1.807) is 31.2 Å². The highest BCUT2D eigenvalue weighted by atomic mass is 32.2. The smallest absolute Gasteiger partial charge is 0.359 e. The molecule has 5 atom stereocenters. The number of amides is 1. The number of hydrogen-bond donors (Lipinski definition) is 1. The number of carbonyl (C=O) groups excluding carboxylic acids is 3. The van der Waals surface area contributed by atoms with E-state index in [1.807, 2.05) is 0 Å². The summed E-state index contributed by atoms with van der Waals surface area (Å²) in [5.41, 5.74) is 1.04. The molecule has 30 heavy (non-hydrogen) atoms. The third-order valence-corrected chi connectivity index (χ3v) is 7.32. The van der Waals surface area contributed by atoms with Crippen molar-refractivity contribution in [3.8, 4) is 0 Å². The Morgan fingerprint density at radius 3 is 2.90 bits per heavy atom. The number of cyclic esters (lactones) is 1. The van der Waals surface area contributed by atoms with Crippen molar-refractivity contribution >= 4 is 29.6 Å². The van der Waals surface area contributed by atoms with Gasteiger partial charge in [-0.05, 0) is 31.7 Å². The summed E-state index contributed by atoms with van der Waals surface area (Å²) in [7, 11) is 0. The first kappa shape index (κ1) is 19.6. The van der Waals surface area contributed by atoms with E-state index in [1.165, 1.54) is 16.7 Å². The second-order valence-corrected chi connectivity index (χ2v) is 9.13. The third-order valence-electron chi connectivity index (χ3n) is 5.93. The van der Waals surface area contributed by atoms with Gasteiger partial charge in [-0.2, -0.15) is 0 Å². The Labute approximate surface area is 177 Å². The molecule has 4 heterocycles. The van der Waals surface area contributed by atoms with E-state index in [9.17, 15) is 19.5 Å². The zero-order valence-corrected chi connectivity index (χ0v) is 17.1. The second-order valence-electron chi connectivity index (χ2n) is 7.92. The van der Waals surface area contributed by atoms with Gasteiger partial charge < -0.3 is 19.3 Å². The van der Waals surface area contributed by atoms with Gasteiger partial charge in [-0.1, -0.05) is 18.2 Å². The van der Waals surface area contributed by atoms with Crippen LogP contribution in [0.4, 0.5) is 0 Å². The molecule has 0 saturated carbocycles. The van der Waals surface area contributed by atoms with Crippen LogP contribution in [0.3, 0.4) is 0 Å². The van der Waals surface area contributed by atoms with Crippen molar-refractivity contribution < 1.29 is 33.7 Å². The van der Waals surface area contributed by atoms with E-state index in [0.717, 1.165) is 11.3 Å². The van der Waals surface area contributed by atoms with E-state index in [-0.39, 0.29) is 22.9 Å². The number of fused-ring (bicyclic) bond motifs is 2. The number of ether oxygens (including phenoxy) is 3. The lowest BCUT2D eigenvalue weighted by Crippen LogP contribution is -2.60. The molecule has 2 fully saturated rings. The van der Waals surface area contributed by atoms with Crippen LogP contribution in [-0.2, 0) is 23.8 Å². The van der Waals surface area contributed by atoms with Gasteiger partial charge in [0.2, 0.25) is 5.91 Å². The fraction of sp³-hybridized carbons (Fsp3) is 0.476. The Bertz CT molecular complexity index is 952. The lowest BCUT2D eigenvalue weighted by atomic mass is 9.92. The zero-order valence-electron chi connectivity index (χ0n) is 16.3. The van der Waals surface area contributed by atoms with Gasteiger partial charge in [-0.25, -0.2) is 9.59 Å². The van der Waals surface area contributed by atoms with E-state index >= 15 is 0 Å². The van der Waals surface area contributed by atoms with Gasteiger partial charge in [0.25, 0.3) is 6.29 Å². The molecule has 0 aliphatic carbocycles. The summed E-state index contributed by atoms with van der Waals surface area (Å²) in [5, 5.41) is 9.66. The van der Waals surface area contributed by atoms with Crippen LogP contribution in [0.15, 0.2) is 34.9 Å². The van der Waals surface area contributed by atoms with Crippen LogP contribution in [0.25, 0.3) is 0 Å². The summed E-state index contributed by atoms with van der Waals surface area (Å²) < 4.78 is 16.2. The molecule has 0 bridgehead atoms. The average molecular weight is 431 g/mol. The largest absolute Gasteiger partial charge is 0.417 e. The monoisotopic (exact) mass is 431 g/mol. The van der Waals surface area contributed by atoms with Crippen LogP contribution < -0.4 is 0 Å². The van der Waals surface area contributed by atoms with Gasteiger partial charge in [-0.3, -0.25) is 9.69 Å². The molecule has 0 aromatic heterocycles. The van der Waals surface area contributed by atoms with Crippen LogP contribution in [-0.4, -0.2) is 52.5 Å². The minimum Gasteiger partial charge on any atom is -0.417 e. The topological polar surface area (TPSA) is 102 Å². The normalized spacial score (nSPS) is 30.7. The number of allylic oxidation sites excluding steroid dienone is 1. The molecule has 1 N–H and O–H groups in total. The fourth-order valence-electron chi connectivity index (χ4n) is 4.35. The summed E-state index contributed by atoms with van der Waals surface area (Å²) in [4.78, 5) is 40.0. The molecule has 1 amide bonds. The first-order valence-corrected chi connectivity index (χ1v) is 10.8. The lowest BCUT2D eigenvalue weighted by Gasteiger charge is -2.43.